The third-order valence-electron chi connectivity index (χ3n) is 2.96. The first-order valence-corrected chi connectivity index (χ1v) is 6.50. The van der Waals surface area contributed by atoms with Crippen LogP contribution in [0.2, 0.25) is 0 Å². The van der Waals surface area contributed by atoms with E-state index in [1.54, 1.807) is 4.57 Å². The Labute approximate surface area is 120 Å². The molecule has 0 bridgehead atoms. The van der Waals surface area contributed by atoms with Gasteiger partial charge in [-0.2, -0.15) is 0 Å². The van der Waals surface area contributed by atoms with Crippen molar-refractivity contribution < 1.29 is 9.31 Å². The maximum Gasteiger partial charge on any atom is 0.283 e. The molecule has 1 aromatic heterocycles. The van der Waals surface area contributed by atoms with E-state index in [1.807, 2.05) is 13.8 Å². The molecule has 0 aliphatic carbocycles. The van der Waals surface area contributed by atoms with Gasteiger partial charge in [0, 0.05) is 6.54 Å². The molecule has 0 atom stereocenters. The van der Waals surface area contributed by atoms with E-state index in [1.165, 1.54) is 12.1 Å². The van der Waals surface area contributed by atoms with E-state index in [0.717, 1.165) is 6.07 Å². The Bertz CT molecular complexity index is 669. The highest BCUT2D eigenvalue weighted by molar-refractivity contribution is 5.68. The molecule has 0 saturated heterocycles. The van der Waals surface area contributed by atoms with Gasteiger partial charge < -0.3 is 10.3 Å². The second-order valence-corrected chi connectivity index (χ2v) is 5.07. The van der Waals surface area contributed by atoms with Crippen LogP contribution < -0.4 is 5.73 Å². The predicted molar refractivity (Wildman–Crippen MR) is 74.8 cm³/mol. The fraction of sp³-hybridized carbons (Fsp3) is 0.385. The summed E-state index contributed by atoms with van der Waals surface area (Å²) in [5.41, 5.74) is 5.52. The number of aromatic nitrogens is 3. The Kier molecular flexibility index (Phi) is 4.27. The summed E-state index contributed by atoms with van der Waals surface area (Å²) in [4.78, 5) is 10.5. The van der Waals surface area contributed by atoms with Crippen LogP contribution >= 0.6 is 0 Å². The molecule has 112 valence electrons. The van der Waals surface area contributed by atoms with E-state index in [0.29, 0.717) is 18.2 Å². The average Bonchev–Trinajstić information content (AvgIpc) is 2.80. The molecule has 1 heterocycles. The zero-order valence-electron chi connectivity index (χ0n) is 11.8. The molecule has 0 aliphatic rings. The number of halogens is 1. The van der Waals surface area contributed by atoms with Crippen LogP contribution in [0.5, 0.6) is 0 Å². The number of nitro benzene ring substituents is 1. The van der Waals surface area contributed by atoms with Gasteiger partial charge in [0.15, 0.2) is 5.82 Å². The van der Waals surface area contributed by atoms with E-state index in [-0.39, 0.29) is 23.7 Å². The van der Waals surface area contributed by atoms with Crippen LogP contribution in [0.4, 0.5) is 10.1 Å². The van der Waals surface area contributed by atoms with Crippen molar-refractivity contribution in [1.29, 1.82) is 0 Å². The molecule has 0 radical (unpaired) electrons. The Balaban J connectivity index is 2.62. The van der Waals surface area contributed by atoms with E-state index in [9.17, 15) is 14.5 Å². The molecule has 0 unspecified atom stereocenters. The summed E-state index contributed by atoms with van der Waals surface area (Å²) in [6.45, 7) is 4.75. The van der Waals surface area contributed by atoms with Crippen molar-refractivity contribution in [2.75, 3.05) is 0 Å². The minimum absolute atomic E-state index is 0.175. The lowest BCUT2D eigenvalue weighted by Crippen LogP contribution is -2.13. The second kappa shape index (κ2) is 5.96. The summed E-state index contributed by atoms with van der Waals surface area (Å²) in [5.74, 6) is 0.483. The van der Waals surface area contributed by atoms with Crippen molar-refractivity contribution in [3.05, 3.63) is 40.0 Å². The van der Waals surface area contributed by atoms with Crippen LogP contribution in [0.25, 0.3) is 11.4 Å². The molecular formula is C13H16FN5O2. The van der Waals surface area contributed by atoms with Crippen LogP contribution in [0.15, 0.2) is 18.2 Å². The molecule has 0 aliphatic heterocycles. The number of nitrogens with two attached hydrogens (primary N) is 1. The predicted octanol–water partition coefficient (Wildman–Crippen LogP) is 2.11. The second-order valence-electron chi connectivity index (χ2n) is 5.07. The molecule has 0 amide bonds. The third kappa shape index (κ3) is 3.05. The Morgan fingerprint density at radius 1 is 1.43 bits per heavy atom. The SMILES string of the molecule is CC(C)Cn1c(CN)nnc1-c1ccc(F)cc1[N+](=O)[O-]. The first-order valence-electron chi connectivity index (χ1n) is 6.50. The van der Waals surface area contributed by atoms with Gasteiger partial charge in [-0.15, -0.1) is 10.2 Å². The van der Waals surface area contributed by atoms with Gasteiger partial charge in [-0.3, -0.25) is 10.1 Å². The molecular weight excluding hydrogens is 277 g/mol. The smallest absolute Gasteiger partial charge is 0.283 e. The lowest BCUT2D eigenvalue weighted by Gasteiger charge is -2.12. The number of rotatable bonds is 5. The van der Waals surface area contributed by atoms with Crippen molar-refractivity contribution in [1.82, 2.24) is 14.8 Å². The van der Waals surface area contributed by atoms with Crippen molar-refractivity contribution in [2.24, 2.45) is 11.7 Å². The summed E-state index contributed by atoms with van der Waals surface area (Å²) >= 11 is 0. The van der Waals surface area contributed by atoms with Gasteiger partial charge in [-0.25, -0.2) is 4.39 Å². The van der Waals surface area contributed by atoms with Gasteiger partial charge in [0.1, 0.15) is 11.6 Å². The fourth-order valence-electron chi connectivity index (χ4n) is 2.09. The van der Waals surface area contributed by atoms with Gasteiger partial charge >= 0.3 is 0 Å². The van der Waals surface area contributed by atoms with Crippen LogP contribution in [0, 0.1) is 21.8 Å². The van der Waals surface area contributed by atoms with Gasteiger partial charge in [0.25, 0.3) is 5.69 Å². The number of hydrogen-bond donors (Lipinski definition) is 1. The van der Waals surface area contributed by atoms with Crippen molar-refractivity contribution >= 4 is 5.69 Å². The maximum atomic E-state index is 13.2. The van der Waals surface area contributed by atoms with Crippen LogP contribution in [0.1, 0.15) is 19.7 Å². The zero-order chi connectivity index (χ0) is 15.6. The van der Waals surface area contributed by atoms with Crippen LogP contribution in [-0.4, -0.2) is 19.7 Å². The molecule has 8 heteroatoms. The molecule has 0 spiro atoms. The number of nitrogens with zero attached hydrogens (tertiary/aromatic N) is 4. The topological polar surface area (TPSA) is 99.9 Å². The zero-order valence-corrected chi connectivity index (χ0v) is 11.8. The van der Waals surface area contributed by atoms with Gasteiger partial charge in [-0.1, -0.05) is 13.8 Å². The molecule has 0 saturated carbocycles. The van der Waals surface area contributed by atoms with Gasteiger partial charge in [-0.05, 0) is 18.1 Å². The molecule has 1 aromatic carbocycles. The highest BCUT2D eigenvalue weighted by Gasteiger charge is 2.23. The molecule has 2 rings (SSSR count). The number of hydrogen-bond acceptors (Lipinski definition) is 5. The quantitative estimate of drug-likeness (QED) is 0.672. The fourth-order valence-corrected chi connectivity index (χ4v) is 2.09. The van der Waals surface area contributed by atoms with Gasteiger partial charge in [0.2, 0.25) is 0 Å². The molecule has 7 nitrogen and oxygen atoms in total. The first kappa shape index (κ1) is 15.0. The molecule has 2 N–H and O–H groups in total. The minimum atomic E-state index is -0.667. The van der Waals surface area contributed by atoms with Crippen molar-refractivity contribution in [3.63, 3.8) is 0 Å². The lowest BCUT2D eigenvalue weighted by molar-refractivity contribution is -0.384. The van der Waals surface area contributed by atoms with Gasteiger partial charge in [0.05, 0.1) is 23.1 Å². The molecule has 21 heavy (non-hydrogen) atoms. The van der Waals surface area contributed by atoms with E-state index < -0.39 is 10.7 Å². The van der Waals surface area contributed by atoms with E-state index in [4.69, 9.17) is 5.73 Å². The Morgan fingerprint density at radius 2 is 2.14 bits per heavy atom. The standard InChI is InChI=1S/C13H16FN5O2/c1-8(2)7-18-12(6-15)16-17-13(18)10-4-3-9(14)5-11(10)19(20)21/h3-5,8H,6-7,15H2,1-2H3. The average molecular weight is 293 g/mol. The van der Waals surface area contributed by atoms with Crippen LogP contribution in [-0.2, 0) is 13.1 Å². The summed E-state index contributed by atoms with van der Waals surface area (Å²) < 4.78 is 15.0. The number of nitro groups is 1. The first-order chi connectivity index (χ1) is 9.93. The van der Waals surface area contributed by atoms with Crippen molar-refractivity contribution in [2.45, 2.75) is 26.9 Å². The Morgan fingerprint density at radius 3 is 2.71 bits per heavy atom. The molecule has 2 aromatic rings. The summed E-state index contributed by atoms with van der Waals surface area (Å²) in [6, 6.07) is 3.39. The Hall–Kier alpha value is -2.35. The van der Waals surface area contributed by atoms with Crippen LogP contribution in [0.3, 0.4) is 0 Å². The monoisotopic (exact) mass is 293 g/mol. The summed E-state index contributed by atoms with van der Waals surface area (Å²) in [5, 5.41) is 19.1. The lowest BCUT2D eigenvalue weighted by atomic mass is 10.1. The van der Waals surface area contributed by atoms with Crippen molar-refractivity contribution in [3.8, 4) is 11.4 Å². The largest absolute Gasteiger partial charge is 0.324 e. The normalized spacial score (nSPS) is 11.1. The summed E-state index contributed by atoms with van der Waals surface area (Å²) in [6.07, 6.45) is 0. The summed E-state index contributed by atoms with van der Waals surface area (Å²) in [7, 11) is 0. The number of benzene rings is 1. The minimum Gasteiger partial charge on any atom is -0.324 e. The highest BCUT2D eigenvalue weighted by atomic mass is 19.1. The van der Waals surface area contributed by atoms with E-state index >= 15 is 0 Å². The highest BCUT2D eigenvalue weighted by Crippen LogP contribution is 2.30. The van der Waals surface area contributed by atoms with E-state index in [2.05, 4.69) is 10.2 Å². The maximum absolute atomic E-state index is 13.2. The third-order valence-corrected chi connectivity index (χ3v) is 2.96. The molecule has 0 fully saturated rings.